The number of rotatable bonds is 3. The van der Waals surface area contributed by atoms with E-state index < -0.39 is 11.6 Å². The van der Waals surface area contributed by atoms with Crippen LogP contribution in [0, 0.1) is 3.57 Å². The molecule has 2 aromatic rings. The van der Waals surface area contributed by atoms with Crippen LogP contribution in [0.1, 0.15) is 20.7 Å². The van der Waals surface area contributed by atoms with Gasteiger partial charge in [-0.2, -0.15) is 0 Å². The summed E-state index contributed by atoms with van der Waals surface area (Å²) in [6.45, 7) is 0. The maximum absolute atomic E-state index is 12.1. The lowest BCUT2D eigenvalue weighted by Gasteiger charge is -2.03. The Labute approximate surface area is 128 Å². The van der Waals surface area contributed by atoms with Gasteiger partial charge in [-0.05, 0) is 65.1 Å². The number of hydrogen-bond donors (Lipinski definition) is 1. The molecule has 2 aromatic carbocycles. The van der Waals surface area contributed by atoms with Gasteiger partial charge in [-0.1, -0.05) is 11.6 Å². The van der Waals surface area contributed by atoms with Crippen LogP contribution in [0.25, 0.3) is 0 Å². The number of nitrogen functional groups attached to an aromatic ring is 1. The van der Waals surface area contributed by atoms with Gasteiger partial charge in [0.25, 0.3) is 0 Å². The first kappa shape index (κ1) is 14.0. The van der Waals surface area contributed by atoms with Crippen LogP contribution < -0.4 is 5.73 Å². The normalized spacial score (nSPS) is 10.2. The smallest absolute Gasteiger partial charge is 0.233 e. The van der Waals surface area contributed by atoms with Crippen molar-refractivity contribution in [3.05, 3.63) is 62.2 Å². The Morgan fingerprint density at radius 3 is 2.05 bits per heavy atom. The Balaban J connectivity index is 2.30. The summed E-state index contributed by atoms with van der Waals surface area (Å²) in [4.78, 5) is 24.1. The van der Waals surface area contributed by atoms with Gasteiger partial charge in [0.1, 0.15) is 0 Å². The van der Waals surface area contributed by atoms with Crippen molar-refractivity contribution in [1.29, 1.82) is 0 Å². The Kier molecular flexibility index (Phi) is 4.21. The molecule has 0 aliphatic heterocycles. The fourth-order valence-electron chi connectivity index (χ4n) is 1.53. The highest BCUT2D eigenvalue weighted by Gasteiger charge is 2.18. The van der Waals surface area contributed by atoms with E-state index in [1.807, 2.05) is 22.6 Å². The summed E-state index contributed by atoms with van der Waals surface area (Å²) in [5.74, 6) is -1.11. The largest absolute Gasteiger partial charge is 0.398 e. The van der Waals surface area contributed by atoms with Crippen LogP contribution in [-0.4, -0.2) is 11.6 Å². The summed E-state index contributed by atoms with van der Waals surface area (Å²) < 4.78 is 0.743. The van der Waals surface area contributed by atoms with E-state index in [9.17, 15) is 9.59 Å². The number of anilines is 1. The number of ketones is 2. The van der Waals surface area contributed by atoms with Crippen molar-refractivity contribution in [1.82, 2.24) is 0 Å². The summed E-state index contributed by atoms with van der Waals surface area (Å²) in [7, 11) is 0. The minimum atomic E-state index is -0.558. The molecule has 0 amide bonds. The topological polar surface area (TPSA) is 60.2 Å². The highest BCUT2D eigenvalue weighted by atomic mass is 127. The Morgan fingerprint density at radius 1 is 0.947 bits per heavy atom. The lowest BCUT2D eigenvalue weighted by Crippen LogP contribution is -2.14. The van der Waals surface area contributed by atoms with Gasteiger partial charge in [0.15, 0.2) is 0 Å². The number of halogens is 2. The van der Waals surface area contributed by atoms with Crippen LogP contribution in [0.5, 0.6) is 0 Å². The molecular weight excluding hydrogens is 377 g/mol. The van der Waals surface area contributed by atoms with Gasteiger partial charge in [0.05, 0.1) is 0 Å². The number of Topliss-reactive ketones (excluding diaryl/α,β-unsaturated/α-hetero) is 2. The molecule has 0 bridgehead atoms. The van der Waals surface area contributed by atoms with Crippen molar-refractivity contribution < 1.29 is 9.59 Å². The van der Waals surface area contributed by atoms with E-state index in [2.05, 4.69) is 0 Å². The van der Waals surface area contributed by atoms with Gasteiger partial charge in [-0.15, -0.1) is 0 Å². The average Bonchev–Trinajstić information content (AvgIpc) is 2.41. The molecule has 2 rings (SSSR count). The predicted octanol–water partition coefficient (Wildman–Crippen LogP) is 3.59. The van der Waals surface area contributed by atoms with Crippen LogP contribution in [-0.2, 0) is 0 Å². The first-order valence-corrected chi connectivity index (χ1v) is 6.84. The Bertz CT molecular complexity index is 653. The van der Waals surface area contributed by atoms with E-state index in [-0.39, 0.29) is 0 Å². The van der Waals surface area contributed by atoms with Crippen molar-refractivity contribution in [2.45, 2.75) is 0 Å². The molecule has 0 radical (unpaired) electrons. The fourth-order valence-corrected chi connectivity index (χ4v) is 2.17. The van der Waals surface area contributed by atoms with E-state index in [1.165, 1.54) is 12.1 Å². The highest BCUT2D eigenvalue weighted by molar-refractivity contribution is 14.1. The number of carbonyl (C=O) groups is 2. The Hall–Kier alpha value is -1.40. The van der Waals surface area contributed by atoms with Crippen LogP contribution >= 0.6 is 34.2 Å². The monoisotopic (exact) mass is 385 g/mol. The molecule has 0 unspecified atom stereocenters. The van der Waals surface area contributed by atoms with Gasteiger partial charge < -0.3 is 5.73 Å². The van der Waals surface area contributed by atoms with Gasteiger partial charge in [-0.25, -0.2) is 0 Å². The van der Waals surface area contributed by atoms with Crippen LogP contribution in [0.3, 0.4) is 0 Å². The maximum atomic E-state index is 12.1. The molecule has 0 spiro atoms. The summed E-state index contributed by atoms with van der Waals surface area (Å²) in [6, 6.07) is 11.0. The highest BCUT2D eigenvalue weighted by Crippen LogP contribution is 2.18. The molecule has 0 aliphatic carbocycles. The van der Waals surface area contributed by atoms with Crippen LogP contribution in [0.2, 0.25) is 5.02 Å². The van der Waals surface area contributed by atoms with Crippen LogP contribution in [0.15, 0.2) is 42.5 Å². The minimum absolute atomic E-state index is 0.321. The second-order valence-corrected chi connectivity index (χ2v) is 5.50. The zero-order valence-corrected chi connectivity index (χ0v) is 12.6. The van der Waals surface area contributed by atoms with E-state index in [0.29, 0.717) is 21.8 Å². The molecule has 0 aliphatic rings. The predicted molar refractivity (Wildman–Crippen MR) is 83.7 cm³/mol. The lowest BCUT2D eigenvalue weighted by molar-refractivity contribution is 0.0817. The van der Waals surface area contributed by atoms with Crippen molar-refractivity contribution in [3.8, 4) is 0 Å². The molecule has 2 N–H and O–H groups in total. The number of hydrogen-bond acceptors (Lipinski definition) is 3. The SMILES string of the molecule is Nc1ccc(C(=O)C(=O)c2ccc(Cl)cc2)cc1I. The fraction of sp³-hybridized carbons (Fsp3) is 0. The third kappa shape index (κ3) is 3.13. The quantitative estimate of drug-likeness (QED) is 0.380. The van der Waals surface area contributed by atoms with E-state index >= 15 is 0 Å². The molecule has 0 aromatic heterocycles. The molecule has 19 heavy (non-hydrogen) atoms. The molecule has 0 heterocycles. The van der Waals surface area contributed by atoms with Gasteiger partial charge in [0, 0.05) is 25.4 Å². The average molecular weight is 386 g/mol. The summed E-state index contributed by atoms with van der Waals surface area (Å²) in [5, 5.41) is 0.519. The molecule has 5 heteroatoms. The number of nitrogens with two attached hydrogens (primary N) is 1. The second kappa shape index (κ2) is 5.71. The second-order valence-electron chi connectivity index (χ2n) is 3.90. The summed E-state index contributed by atoms with van der Waals surface area (Å²) >= 11 is 7.76. The van der Waals surface area contributed by atoms with Crippen LogP contribution in [0.4, 0.5) is 5.69 Å². The minimum Gasteiger partial charge on any atom is -0.398 e. The van der Waals surface area contributed by atoms with E-state index in [1.54, 1.807) is 30.3 Å². The van der Waals surface area contributed by atoms with Crippen molar-refractivity contribution in [2.75, 3.05) is 5.73 Å². The van der Waals surface area contributed by atoms with Crippen molar-refractivity contribution in [2.24, 2.45) is 0 Å². The molecule has 96 valence electrons. The third-order valence-electron chi connectivity index (χ3n) is 2.58. The first-order valence-electron chi connectivity index (χ1n) is 5.38. The number of carbonyl (C=O) groups excluding carboxylic acids is 2. The Morgan fingerprint density at radius 2 is 1.47 bits per heavy atom. The van der Waals surface area contributed by atoms with Gasteiger partial charge in [0.2, 0.25) is 11.6 Å². The lowest BCUT2D eigenvalue weighted by atomic mass is 10.0. The van der Waals surface area contributed by atoms with Gasteiger partial charge >= 0.3 is 0 Å². The molecule has 0 saturated heterocycles. The zero-order chi connectivity index (χ0) is 14.0. The number of benzene rings is 2. The standard InChI is InChI=1S/C14H9ClINO2/c15-10-4-1-8(2-5-10)13(18)14(19)9-3-6-12(17)11(16)7-9/h1-7H,17H2. The third-order valence-corrected chi connectivity index (χ3v) is 3.76. The molecule has 3 nitrogen and oxygen atoms in total. The molecule has 0 atom stereocenters. The molecule has 0 saturated carbocycles. The van der Waals surface area contributed by atoms with E-state index in [0.717, 1.165) is 3.57 Å². The zero-order valence-electron chi connectivity index (χ0n) is 9.69. The van der Waals surface area contributed by atoms with Crippen molar-refractivity contribution in [3.63, 3.8) is 0 Å². The maximum Gasteiger partial charge on any atom is 0.233 e. The van der Waals surface area contributed by atoms with E-state index in [4.69, 9.17) is 17.3 Å². The molecular formula is C14H9ClINO2. The van der Waals surface area contributed by atoms with Crippen molar-refractivity contribution >= 4 is 51.4 Å². The van der Waals surface area contributed by atoms with Gasteiger partial charge in [-0.3, -0.25) is 9.59 Å². The molecule has 0 fully saturated rings. The first-order chi connectivity index (χ1) is 8.99. The summed E-state index contributed by atoms with van der Waals surface area (Å²) in [5.41, 5.74) is 6.91. The summed E-state index contributed by atoms with van der Waals surface area (Å²) in [6.07, 6.45) is 0.